The number of benzene rings is 1. The van der Waals surface area contributed by atoms with Crippen LogP contribution in [-0.2, 0) is 4.74 Å². The Balaban J connectivity index is 1.42. The Kier molecular flexibility index (Phi) is 6.63. The van der Waals surface area contributed by atoms with Crippen LogP contribution >= 0.6 is 11.3 Å². The molecule has 1 amide bonds. The first kappa shape index (κ1) is 25.0. The van der Waals surface area contributed by atoms with Crippen molar-refractivity contribution in [2.24, 2.45) is 0 Å². The van der Waals surface area contributed by atoms with Crippen LogP contribution in [0.4, 0.5) is 5.82 Å². The average Bonchev–Trinajstić information content (AvgIpc) is 3.68. The van der Waals surface area contributed by atoms with E-state index in [1.165, 1.54) is 16.9 Å². The summed E-state index contributed by atoms with van der Waals surface area (Å²) in [6.45, 7) is 8.40. The lowest BCUT2D eigenvalue weighted by Crippen LogP contribution is -2.37. The predicted octanol–water partition coefficient (Wildman–Crippen LogP) is 3.77. The van der Waals surface area contributed by atoms with E-state index >= 15 is 0 Å². The van der Waals surface area contributed by atoms with Gasteiger partial charge in [0, 0.05) is 44.0 Å². The normalized spacial score (nSPS) is 18.2. The number of ether oxygens (including phenoxy) is 1. The summed E-state index contributed by atoms with van der Waals surface area (Å²) in [7, 11) is 4.16. The van der Waals surface area contributed by atoms with E-state index in [0.29, 0.717) is 25.2 Å². The second kappa shape index (κ2) is 10.1. The second-order valence-electron chi connectivity index (χ2n) is 10.4. The summed E-state index contributed by atoms with van der Waals surface area (Å²) in [5.41, 5.74) is 4.84. The average molecular weight is 532 g/mol. The summed E-state index contributed by atoms with van der Waals surface area (Å²) in [4.78, 5) is 30.8. The van der Waals surface area contributed by atoms with Gasteiger partial charge in [0.2, 0.25) is 0 Å². The summed E-state index contributed by atoms with van der Waals surface area (Å²) in [5.74, 6) is 1.44. The first-order valence-corrected chi connectivity index (χ1v) is 13.9. The van der Waals surface area contributed by atoms with Crippen LogP contribution in [0.15, 0.2) is 36.5 Å². The van der Waals surface area contributed by atoms with Crippen molar-refractivity contribution in [1.82, 2.24) is 29.5 Å². The summed E-state index contributed by atoms with van der Waals surface area (Å²) < 4.78 is 8.30. The highest BCUT2D eigenvalue weighted by molar-refractivity contribution is 7.21. The molecule has 0 radical (unpaired) electrons. The molecule has 1 unspecified atom stereocenters. The number of carbonyl (C=O) groups excluding carboxylic acids is 1. The van der Waals surface area contributed by atoms with Crippen LogP contribution < -0.4 is 4.90 Å². The van der Waals surface area contributed by atoms with Crippen molar-refractivity contribution in [2.75, 3.05) is 58.4 Å². The van der Waals surface area contributed by atoms with E-state index < -0.39 is 0 Å². The zero-order chi connectivity index (χ0) is 26.4. The fourth-order valence-electron chi connectivity index (χ4n) is 5.24. The number of morpholine rings is 1. The second-order valence-corrected chi connectivity index (χ2v) is 11.4. The number of carbonyl (C=O) groups is 1. The smallest absolute Gasteiger partial charge is 0.264 e. The Bertz CT molecular complexity index is 1490. The van der Waals surface area contributed by atoms with Crippen molar-refractivity contribution >= 4 is 33.3 Å². The first-order valence-electron chi connectivity index (χ1n) is 13.1. The van der Waals surface area contributed by atoms with Crippen molar-refractivity contribution in [3.05, 3.63) is 52.5 Å². The number of likely N-dealkylation sites (tertiary alicyclic amines) is 1. The number of hydrogen-bond donors (Lipinski definition) is 0. The van der Waals surface area contributed by atoms with Gasteiger partial charge in [0.05, 0.1) is 34.0 Å². The van der Waals surface area contributed by atoms with Gasteiger partial charge >= 0.3 is 0 Å². The van der Waals surface area contributed by atoms with Crippen LogP contribution in [0.25, 0.3) is 27.4 Å². The maximum absolute atomic E-state index is 13.7. The van der Waals surface area contributed by atoms with Gasteiger partial charge in [0.15, 0.2) is 5.82 Å². The van der Waals surface area contributed by atoms with Crippen molar-refractivity contribution in [2.45, 2.75) is 26.3 Å². The summed E-state index contributed by atoms with van der Waals surface area (Å²) >= 11 is 1.51. The largest absolute Gasteiger partial charge is 0.378 e. The molecule has 2 fully saturated rings. The molecular formula is C28H33N7O2S. The molecule has 0 bridgehead atoms. The molecule has 1 aromatic carbocycles. The van der Waals surface area contributed by atoms with Crippen molar-refractivity contribution < 1.29 is 9.53 Å². The molecule has 1 atom stereocenters. The van der Waals surface area contributed by atoms with E-state index in [1.54, 1.807) is 4.68 Å². The molecule has 2 aliphatic heterocycles. The fraction of sp³-hybridized carbons (Fsp3) is 0.429. The number of aromatic nitrogens is 4. The minimum atomic E-state index is 0.0881. The molecule has 0 N–H and O–H groups in total. The van der Waals surface area contributed by atoms with E-state index in [4.69, 9.17) is 19.8 Å². The fourth-order valence-corrected chi connectivity index (χ4v) is 6.47. The number of anilines is 1. The summed E-state index contributed by atoms with van der Waals surface area (Å²) in [5, 5.41) is 4.82. The minimum Gasteiger partial charge on any atom is -0.378 e. The summed E-state index contributed by atoms with van der Waals surface area (Å²) in [6, 6.07) is 10.7. The molecule has 0 spiro atoms. The van der Waals surface area contributed by atoms with Gasteiger partial charge in [-0.05, 0) is 52.1 Å². The number of fused-ring (bicyclic) bond motifs is 1. The molecule has 4 aromatic rings. The van der Waals surface area contributed by atoms with Gasteiger partial charge in [0.25, 0.3) is 11.9 Å². The Morgan fingerprint density at radius 1 is 1.11 bits per heavy atom. The van der Waals surface area contributed by atoms with Crippen molar-refractivity contribution in [3.63, 3.8) is 0 Å². The lowest BCUT2D eigenvalue weighted by atomic mass is 10.1. The number of rotatable bonds is 5. The van der Waals surface area contributed by atoms with E-state index in [9.17, 15) is 4.79 Å². The molecule has 2 aliphatic rings. The molecule has 5 heterocycles. The molecule has 3 aromatic heterocycles. The molecule has 198 valence electrons. The molecule has 0 aliphatic carbocycles. The van der Waals surface area contributed by atoms with Crippen LogP contribution in [-0.4, -0.2) is 95.0 Å². The lowest BCUT2D eigenvalue weighted by molar-refractivity contribution is 0.0787. The van der Waals surface area contributed by atoms with Crippen LogP contribution in [0, 0.1) is 13.8 Å². The third kappa shape index (κ3) is 4.57. The number of likely N-dealkylation sites (N-methyl/N-ethyl adjacent to an activating group) is 1. The lowest BCUT2D eigenvalue weighted by Gasteiger charge is -2.28. The van der Waals surface area contributed by atoms with Crippen molar-refractivity contribution in [1.29, 1.82) is 0 Å². The monoisotopic (exact) mass is 531 g/mol. The zero-order valence-electron chi connectivity index (χ0n) is 22.3. The Morgan fingerprint density at radius 2 is 1.92 bits per heavy atom. The van der Waals surface area contributed by atoms with Crippen LogP contribution in [0.5, 0.6) is 0 Å². The molecule has 9 nitrogen and oxygen atoms in total. The van der Waals surface area contributed by atoms with Gasteiger partial charge in [-0.3, -0.25) is 4.79 Å². The Hall–Kier alpha value is -3.34. The zero-order valence-corrected chi connectivity index (χ0v) is 23.2. The molecule has 10 heteroatoms. The molecule has 38 heavy (non-hydrogen) atoms. The third-order valence-electron chi connectivity index (χ3n) is 7.53. The highest BCUT2D eigenvalue weighted by Gasteiger charge is 2.31. The first-order chi connectivity index (χ1) is 18.4. The van der Waals surface area contributed by atoms with Gasteiger partial charge < -0.3 is 19.4 Å². The standard InChI is InChI=1S/C28H33N7O2S/c1-18-6-5-7-20(16-18)22-9-11-35(31-22)28-29-23-19(2)24(27(36)34-10-8-21(17-34)32(3)4)38-25(23)26(30-28)33-12-14-37-15-13-33/h5-7,9,11,16,21H,8,10,12-15,17H2,1-4H3. The van der Waals surface area contributed by atoms with Crippen molar-refractivity contribution in [3.8, 4) is 17.2 Å². The predicted molar refractivity (Wildman–Crippen MR) is 150 cm³/mol. The highest BCUT2D eigenvalue weighted by Crippen LogP contribution is 2.37. The topological polar surface area (TPSA) is 79.6 Å². The minimum absolute atomic E-state index is 0.0881. The van der Waals surface area contributed by atoms with E-state index in [0.717, 1.165) is 70.3 Å². The van der Waals surface area contributed by atoms with Gasteiger partial charge in [-0.1, -0.05) is 23.8 Å². The number of thiophene rings is 1. The van der Waals surface area contributed by atoms with Gasteiger partial charge in [0.1, 0.15) is 0 Å². The van der Waals surface area contributed by atoms with Gasteiger partial charge in [-0.15, -0.1) is 11.3 Å². The highest BCUT2D eigenvalue weighted by atomic mass is 32.1. The maximum atomic E-state index is 13.7. The van der Waals surface area contributed by atoms with Crippen LogP contribution in [0.1, 0.15) is 27.2 Å². The maximum Gasteiger partial charge on any atom is 0.264 e. The molecular weight excluding hydrogens is 498 g/mol. The van der Waals surface area contributed by atoms with Crippen LogP contribution in [0.2, 0.25) is 0 Å². The Morgan fingerprint density at radius 3 is 2.66 bits per heavy atom. The number of aryl methyl sites for hydroxylation is 2. The van der Waals surface area contributed by atoms with E-state index in [-0.39, 0.29) is 5.91 Å². The van der Waals surface area contributed by atoms with Gasteiger partial charge in [-0.2, -0.15) is 10.1 Å². The quantitative estimate of drug-likeness (QED) is 0.388. The van der Waals surface area contributed by atoms with E-state index in [1.807, 2.05) is 30.2 Å². The number of nitrogens with zero attached hydrogens (tertiary/aromatic N) is 7. The SMILES string of the molecule is Cc1cccc(-c2ccn(-c3nc(N4CCOCC4)c4sc(C(=O)N5CCC(N(C)C)C5)c(C)c4n3)n2)c1. The van der Waals surface area contributed by atoms with Gasteiger partial charge in [-0.25, -0.2) is 9.67 Å². The van der Waals surface area contributed by atoms with E-state index in [2.05, 4.69) is 49.0 Å². The number of hydrogen-bond acceptors (Lipinski definition) is 8. The third-order valence-corrected chi connectivity index (χ3v) is 8.79. The molecule has 2 saturated heterocycles. The number of amides is 1. The molecule has 6 rings (SSSR count). The summed E-state index contributed by atoms with van der Waals surface area (Å²) in [6.07, 6.45) is 2.90. The molecule has 0 saturated carbocycles. The van der Waals surface area contributed by atoms with Crippen LogP contribution in [0.3, 0.4) is 0 Å². The Labute approximate surface area is 226 Å².